The highest BCUT2D eigenvalue weighted by atomic mass is 79.9. The summed E-state index contributed by atoms with van der Waals surface area (Å²) in [7, 11) is 0. The Bertz CT molecular complexity index is 892. The van der Waals surface area contributed by atoms with Crippen LogP contribution in [0.15, 0.2) is 40.9 Å². The van der Waals surface area contributed by atoms with Crippen molar-refractivity contribution in [3.8, 4) is 5.75 Å². The van der Waals surface area contributed by atoms with E-state index in [0.717, 1.165) is 15.6 Å². The monoisotopic (exact) mass is 500 g/mol. The Kier molecular flexibility index (Phi) is 8.80. The van der Waals surface area contributed by atoms with E-state index in [1.165, 1.54) is 4.90 Å². The molecule has 5 nitrogen and oxygen atoms in total. The molecule has 0 spiro atoms. The minimum atomic E-state index is -0.674. The lowest BCUT2D eigenvalue weighted by Gasteiger charge is -2.28. The fraction of sp³-hybridized carbons (Fsp3) is 0.333. The van der Waals surface area contributed by atoms with Crippen LogP contribution in [0.3, 0.4) is 0 Å². The van der Waals surface area contributed by atoms with Crippen LogP contribution in [-0.2, 0) is 16.1 Å². The number of carbonyl (C=O) groups is 2. The molecule has 156 valence electrons. The normalized spacial score (nSPS) is 11.7. The number of likely N-dealkylation sites (N-methyl/N-ethyl adjacent to an activating group) is 1. The number of hydrogen-bond acceptors (Lipinski definition) is 3. The van der Waals surface area contributed by atoms with E-state index in [-0.39, 0.29) is 25.0 Å². The number of amides is 2. The van der Waals surface area contributed by atoms with Gasteiger partial charge < -0.3 is 15.0 Å². The zero-order valence-corrected chi connectivity index (χ0v) is 19.6. The van der Waals surface area contributed by atoms with Gasteiger partial charge in [0.05, 0.1) is 10.0 Å². The first-order valence-electron chi connectivity index (χ1n) is 9.13. The van der Waals surface area contributed by atoms with Crippen LogP contribution in [0.5, 0.6) is 5.75 Å². The molecule has 1 atom stereocenters. The maximum atomic E-state index is 12.9. The Hall–Kier alpha value is -1.76. The molecule has 29 heavy (non-hydrogen) atoms. The molecular weight excluding hydrogens is 479 g/mol. The second-order valence-corrected chi connectivity index (χ2v) is 8.21. The van der Waals surface area contributed by atoms with Crippen molar-refractivity contribution in [1.29, 1.82) is 0 Å². The predicted octanol–water partition coefficient (Wildman–Crippen LogP) is 5.00. The lowest BCUT2D eigenvalue weighted by Crippen LogP contribution is -2.49. The smallest absolute Gasteiger partial charge is 0.261 e. The van der Waals surface area contributed by atoms with Gasteiger partial charge in [-0.3, -0.25) is 9.59 Å². The Morgan fingerprint density at radius 2 is 1.90 bits per heavy atom. The number of benzene rings is 2. The summed E-state index contributed by atoms with van der Waals surface area (Å²) in [6, 6.07) is 9.94. The van der Waals surface area contributed by atoms with E-state index in [2.05, 4.69) is 21.2 Å². The molecule has 2 rings (SSSR count). The Morgan fingerprint density at radius 3 is 2.52 bits per heavy atom. The van der Waals surface area contributed by atoms with Crippen LogP contribution in [0.2, 0.25) is 10.0 Å². The van der Waals surface area contributed by atoms with Crippen molar-refractivity contribution in [3.63, 3.8) is 0 Å². The number of halogens is 3. The van der Waals surface area contributed by atoms with Gasteiger partial charge in [-0.05, 0) is 62.2 Å². The van der Waals surface area contributed by atoms with Crippen molar-refractivity contribution in [1.82, 2.24) is 10.2 Å². The van der Waals surface area contributed by atoms with E-state index < -0.39 is 6.04 Å². The summed E-state index contributed by atoms with van der Waals surface area (Å²) >= 11 is 15.5. The fourth-order valence-corrected chi connectivity index (χ4v) is 3.24. The van der Waals surface area contributed by atoms with Crippen molar-refractivity contribution in [2.24, 2.45) is 0 Å². The molecule has 0 aliphatic rings. The van der Waals surface area contributed by atoms with E-state index in [4.69, 9.17) is 27.9 Å². The zero-order chi connectivity index (χ0) is 21.6. The number of nitrogens with zero attached hydrogens (tertiary/aromatic N) is 1. The molecule has 2 aromatic carbocycles. The predicted molar refractivity (Wildman–Crippen MR) is 120 cm³/mol. The molecule has 0 aromatic heterocycles. The Labute approximate surface area is 189 Å². The first-order chi connectivity index (χ1) is 13.7. The molecule has 0 unspecified atom stereocenters. The Morgan fingerprint density at radius 1 is 1.17 bits per heavy atom. The van der Waals surface area contributed by atoms with Crippen molar-refractivity contribution in [2.45, 2.75) is 33.4 Å². The highest BCUT2D eigenvalue weighted by Gasteiger charge is 2.26. The van der Waals surface area contributed by atoms with Gasteiger partial charge in [0.2, 0.25) is 5.91 Å². The third kappa shape index (κ3) is 6.63. The van der Waals surface area contributed by atoms with E-state index >= 15 is 0 Å². The van der Waals surface area contributed by atoms with Gasteiger partial charge in [-0.2, -0.15) is 0 Å². The van der Waals surface area contributed by atoms with Crippen LogP contribution in [-0.4, -0.2) is 35.9 Å². The van der Waals surface area contributed by atoms with E-state index in [0.29, 0.717) is 22.3 Å². The summed E-state index contributed by atoms with van der Waals surface area (Å²) < 4.78 is 6.62. The van der Waals surface area contributed by atoms with Crippen molar-refractivity contribution in [2.75, 3.05) is 13.2 Å². The molecule has 2 amide bonds. The number of carbonyl (C=O) groups excluding carboxylic acids is 2. The summed E-state index contributed by atoms with van der Waals surface area (Å²) in [6.07, 6.45) is 0. The third-order valence-electron chi connectivity index (χ3n) is 4.35. The first-order valence-corrected chi connectivity index (χ1v) is 10.7. The maximum absolute atomic E-state index is 12.9. The molecule has 2 aromatic rings. The molecule has 0 radical (unpaired) electrons. The summed E-state index contributed by atoms with van der Waals surface area (Å²) in [5.74, 6) is 0.0370. The molecule has 0 heterocycles. The van der Waals surface area contributed by atoms with Crippen molar-refractivity contribution in [3.05, 3.63) is 62.0 Å². The zero-order valence-electron chi connectivity index (χ0n) is 16.5. The molecular formula is C21H23BrCl2N2O3. The second-order valence-electron chi connectivity index (χ2n) is 6.54. The van der Waals surface area contributed by atoms with Crippen LogP contribution >= 0.6 is 39.1 Å². The molecule has 0 bridgehead atoms. The van der Waals surface area contributed by atoms with E-state index in [1.807, 2.05) is 26.0 Å². The summed E-state index contributed by atoms with van der Waals surface area (Å²) in [4.78, 5) is 26.8. The lowest BCUT2D eigenvalue weighted by molar-refractivity contribution is -0.142. The summed E-state index contributed by atoms with van der Waals surface area (Å²) in [5.41, 5.74) is 1.77. The lowest BCUT2D eigenvalue weighted by atomic mass is 10.1. The van der Waals surface area contributed by atoms with Gasteiger partial charge in [-0.1, -0.05) is 45.2 Å². The molecule has 0 fully saturated rings. The van der Waals surface area contributed by atoms with Crippen LogP contribution in [0.25, 0.3) is 0 Å². The van der Waals surface area contributed by atoms with Gasteiger partial charge in [0.15, 0.2) is 6.61 Å². The van der Waals surface area contributed by atoms with E-state index in [9.17, 15) is 9.59 Å². The highest BCUT2D eigenvalue weighted by Crippen LogP contribution is 2.24. The second kappa shape index (κ2) is 10.9. The topological polar surface area (TPSA) is 58.6 Å². The fourth-order valence-electron chi connectivity index (χ4n) is 2.67. The average molecular weight is 502 g/mol. The number of nitrogens with one attached hydrogen (secondary N) is 1. The molecule has 0 aliphatic carbocycles. The highest BCUT2D eigenvalue weighted by molar-refractivity contribution is 9.10. The minimum absolute atomic E-state index is 0.188. The SMILES string of the molecule is CCNC(=O)[C@H](C)N(Cc1ccc(Cl)c(Cl)c1)C(=O)COc1ccc(Br)c(C)c1. The largest absolute Gasteiger partial charge is 0.484 e. The molecule has 8 heteroatoms. The van der Waals surface area contributed by atoms with Gasteiger partial charge in [-0.15, -0.1) is 0 Å². The quantitative estimate of drug-likeness (QED) is 0.553. The van der Waals surface area contributed by atoms with Gasteiger partial charge in [-0.25, -0.2) is 0 Å². The van der Waals surface area contributed by atoms with Crippen LogP contribution < -0.4 is 10.1 Å². The van der Waals surface area contributed by atoms with Gasteiger partial charge in [0.1, 0.15) is 11.8 Å². The maximum Gasteiger partial charge on any atom is 0.261 e. The molecule has 0 aliphatic heterocycles. The third-order valence-corrected chi connectivity index (χ3v) is 5.98. The average Bonchev–Trinajstić information content (AvgIpc) is 2.69. The van der Waals surface area contributed by atoms with Crippen LogP contribution in [0.1, 0.15) is 25.0 Å². The van der Waals surface area contributed by atoms with Crippen molar-refractivity contribution < 1.29 is 14.3 Å². The van der Waals surface area contributed by atoms with Gasteiger partial charge in [0, 0.05) is 17.6 Å². The summed E-state index contributed by atoms with van der Waals surface area (Å²) in [6.45, 7) is 5.95. The van der Waals surface area contributed by atoms with Crippen LogP contribution in [0.4, 0.5) is 0 Å². The molecule has 1 N–H and O–H groups in total. The molecule has 0 saturated carbocycles. The minimum Gasteiger partial charge on any atom is -0.484 e. The van der Waals surface area contributed by atoms with Gasteiger partial charge in [0.25, 0.3) is 5.91 Å². The first kappa shape index (κ1) is 23.5. The number of rotatable bonds is 8. The number of ether oxygens (including phenoxy) is 1. The van der Waals surface area contributed by atoms with Crippen LogP contribution in [0, 0.1) is 6.92 Å². The Balaban J connectivity index is 2.17. The summed E-state index contributed by atoms with van der Waals surface area (Å²) in [5, 5.41) is 3.57. The number of aryl methyl sites for hydroxylation is 1. The van der Waals surface area contributed by atoms with Gasteiger partial charge >= 0.3 is 0 Å². The standard InChI is InChI=1S/C21H23BrCl2N2O3/c1-4-25-21(28)14(3)26(11-15-5-8-18(23)19(24)10-15)20(27)12-29-16-6-7-17(22)13(2)9-16/h5-10,14H,4,11-12H2,1-3H3,(H,25,28)/t14-/m0/s1. The van der Waals surface area contributed by atoms with E-state index in [1.54, 1.807) is 31.2 Å². The number of hydrogen-bond donors (Lipinski definition) is 1. The molecule has 0 saturated heterocycles. The van der Waals surface area contributed by atoms with Crippen molar-refractivity contribution >= 4 is 50.9 Å².